The Hall–Kier alpha value is -2.88. The lowest BCUT2D eigenvalue weighted by atomic mass is 10.1. The van der Waals surface area contributed by atoms with Crippen LogP contribution in [0, 0.1) is 13.8 Å². The molecule has 2 heterocycles. The molecule has 4 rings (SSSR count). The Balaban J connectivity index is 1.42. The molecule has 0 unspecified atom stereocenters. The number of nitrogens with one attached hydrogen (secondary N) is 1. The molecule has 2 aliphatic heterocycles. The van der Waals surface area contributed by atoms with Crippen molar-refractivity contribution >= 4 is 51.9 Å². The van der Waals surface area contributed by atoms with Crippen molar-refractivity contribution in [2.45, 2.75) is 39.7 Å². The number of carbonyl (C=O) groups excluding carboxylic acids is 2. The smallest absolute Gasteiger partial charge is 0.266 e. The Morgan fingerprint density at radius 1 is 1.25 bits per heavy atom. The summed E-state index contributed by atoms with van der Waals surface area (Å²) >= 11 is 6.73. The number of nitrogens with zero attached hydrogens (tertiary/aromatic N) is 1. The first-order valence-electron chi connectivity index (χ1n) is 12.0. The highest BCUT2D eigenvalue weighted by molar-refractivity contribution is 8.26. The topological polar surface area (TPSA) is 77.1 Å². The van der Waals surface area contributed by atoms with Gasteiger partial charge in [-0.15, -0.1) is 0 Å². The van der Waals surface area contributed by atoms with Gasteiger partial charge in [0, 0.05) is 12.3 Å². The minimum atomic E-state index is -0.259. The molecule has 7 nitrogen and oxygen atoms in total. The second kappa shape index (κ2) is 11.9. The first-order valence-corrected chi connectivity index (χ1v) is 13.2. The van der Waals surface area contributed by atoms with Crippen molar-refractivity contribution in [3.8, 4) is 11.5 Å². The number of ether oxygens (including phenoxy) is 3. The van der Waals surface area contributed by atoms with Gasteiger partial charge in [-0.2, -0.15) is 0 Å². The van der Waals surface area contributed by atoms with Gasteiger partial charge in [0.05, 0.1) is 24.2 Å². The number of carbonyl (C=O) groups is 2. The maximum absolute atomic E-state index is 13.0. The van der Waals surface area contributed by atoms with Crippen LogP contribution in [0.2, 0.25) is 0 Å². The standard InChI is InChI=1S/C27H30N2O5S2/c1-4-32-23-13-19(14-24-26(31)29(27(35)36-24)15-20-8-6-12-33-20)10-11-22(23)34-16-25(30)28-21-9-5-7-17(2)18(21)3/h5,7,9-11,13-14,20H,4,6,8,12,15-16H2,1-3H3,(H,28,30)/b24-14-/t20-/m1/s1. The number of thioether (sulfide) groups is 1. The molecular formula is C27H30N2O5S2. The Labute approximate surface area is 221 Å². The van der Waals surface area contributed by atoms with Gasteiger partial charge in [-0.25, -0.2) is 0 Å². The lowest BCUT2D eigenvalue weighted by Gasteiger charge is -2.18. The van der Waals surface area contributed by atoms with Gasteiger partial charge in [0.15, 0.2) is 18.1 Å². The van der Waals surface area contributed by atoms with E-state index in [1.54, 1.807) is 23.1 Å². The monoisotopic (exact) mass is 526 g/mol. The van der Waals surface area contributed by atoms with E-state index in [0.29, 0.717) is 33.9 Å². The van der Waals surface area contributed by atoms with Gasteiger partial charge >= 0.3 is 0 Å². The molecule has 2 aliphatic rings. The molecule has 2 fully saturated rings. The van der Waals surface area contributed by atoms with Crippen LogP contribution in [-0.2, 0) is 14.3 Å². The third-order valence-electron chi connectivity index (χ3n) is 6.09. The SMILES string of the molecule is CCOc1cc(/C=C2\SC(=S)N(C[C@H]3CCCO3)C2=O)ccc1OCC(=O)Nc1cccc(C)c1C. The molecule has 0 aromatic heterocycles. The Bertz CT molecular complexity index is 1190. The van der Waals surface area contributed by atoms with Crippen LogP contribution in [0.5, 0.6) is 11.5 Å². The molecule has 0 radical (unpaired) electrons. The molecule has 0 spiro atoms. The summed E-state index contributed by atoms with van der Waals surface area (Å²) in [6.07, 6.45) is 3.79. The third kappa shape index (κ3) is 6.27. The van der Waals surface area contributed by atoms with Gasteiger partial charge in [-0.05, 0) is 74.6 Å². The van der Waals surface area contributed by atoms with Crippen molar-refractivity contribution in [3.63, 3.8) is 0 Å². The molecule has 36 heavy (non-hydrogen) atoms. The van der Waals surface area contributed by atoms with Crippen molar-refractivity contribution < 1.29 is 23.8 Å². The molecule has 2 amide bonds. The first-order chi connectivity index (χ1) is 17.4. The van der Waals surface area contributed by atoms with Gasteiger partial charge in [-0.1, -0.05) is 42.2 Å². The quantitative estimate of drug-likeness (QED) is 0.360. The van der Waals surface area contributed by atoms with E-state index in [1.807, 2.05) is 45.0 Å². The number of amides is 2. The zero-order valence-electron chi connectivity index (χ0n) is 20.7. The fourth-order valence-electron chi connectivity index (χ4n) is 4.02. The molecule has 190 valence electrons. The summed E-state index contributed by atoms with van der Waals surface area (Å²) in [6.45, 7) is 7.33. The van der Waals surface area contributed by atoms with Gasteiger partial charge in [0.2, 0.25) is 0 Å². The summed E-state index contributed by atoms with van der Waals surface area (Å²) in [5, 5.41) is 2.89. The zero-order chi connectivity index (χ0) is 25.7. The van der Waals surface area contributed by atoms with Crippen LogP contribution in [0.15, 0.2) is 41.3 Å². The van der Waals surface area contributed by atoms with E-state index in [1.165, 1.54) is 11.8 Å². The molecule has 1 atom stereocenters. The van der Waals surface area contributed by atoms with Crippen molar-refractivity contribution in [1.82, 2.24) is 4.90 Å². The van der Waals surface area contributed by atoms with Crippen LogP contribution >= 0.6 is 24.0 Å². The molecule has 0 aliphatic carbocycles. The summed E-state index contributed by atoms with van der Waals surface area (Å²) in [4.78, 5) is 27.6. The fraction of sp³-hybridized carbons (Fsp3) is 0.370. The number of thiocarbonyl (C=S) groups is 1. The molecule has 1 N–H and O–H groups in total. The van der Waals surface area contributed by atoms with E-state index in [-0.39, 0.29) is 24.5 Å². The van der Waals surface area contributed by atoms with Crippen LogP contribution in [-0.4, -0.2) is 53.5 Å². The van der Waals surface area contributed by atoms with Crippen LogP contribution in [0.3, 0.4) is 0 Å². The number of hydrogen-bond donors (Lipinski definition) is 1. The highest BCUT2D eigenvalue weighted by Gasteiger charge is 2.34. The first kappa shape index (κ1) is 26.2. The third-order valence-corrected chi connectivity index (χ3v) is 7.46. The predicted octanol–water partition coefficient (Wildman–Crippen LogP) is 5.10. The maximum atomic E-state index is 13.0. The average molecular weight is 527 g/mol. The van der Waals surface area contributed by atoms with E-state index in [4.69, 9.17) is 26.4 Å². The van der Waals surface area contributed by atoms with Crippen molar-refractivity contribution in [3.05, 3.63) is 58.0 Å². The summed E-state index contributed by atoms with van der Waals surface area (Å²) < 4.78 is 17.7. The van der Waals surface area contributed by atoms with Crippen molar-refractivity contribution in [1.29, 1.82) is 0 Å². The fourth-order valence-corrected chi connectivity index (χ4v) is 5.29. The van der Waals surface area contributed by atoms with Gasteiger partial charge in [0.25, 0.3) is 11.8 Å². The summed E-state index contributed by atoms with van der Waals surface area (Å²) in [6, 6.07) is 11.1. The van der Waals surface area contributed by atoms with Gasteiger partial charge in [0.1, 0.15) is 4.32 Å². The largest absolute Gasteiger partial charge is 0.490 e. The van der Waals surface area contributed by atoms with Crippen molar-refractivity contribution in [2.75, 3.05) is 31.7 Å². The summed E-state index contributed by atoms with van der Waals surface area (Å²) in [7, 11) is 0. The number of aryl methyl sites for hydroxylation is 1. The van der Waals surface area contributed by atoms with Crippen LogP contribution in [0.4, 0.5) is 5.69 Å². The lowest BCUT2D eigenvalue weighted by molar-refractivity contribution is -0.123. The number of hydrogen-bond acceptors (Lipinski definition) is 7. The summed E-state index contributed by atoms with van der Waals surface area (Å²) in [5.74, 6) is 0.587. The van der Waals surface area contributed by atoms with Crippen LogP contribution in [0.1, 0.15) is 36.5 Å². The average Bonchev–Trinajstić information content (AvgIpc) is 3.46. The van der Waals surface area contributed by atoms with Gasteiger partial charge in [-0.3, -0.25) is 14.5 Å². The molecule has 2 aromatic rings. The second-order valence-electron chi connectivity index (χ2n) is 8.65. The Morgan fingerprint density at radius 2 is 2.08 bits per heavy atom. The number of rotatable bonds is 9. The highest BCUT2D eigenvalue weighted by atomic mass is 32.2. The lowest BCUT2D eigenvalue weighted by Crippen LogP contribution is -2.35. The zero-order valence-corrected chi connectivity index (χ0v) is 22.3. The van der Waals surface area contributed by atoms with E-state index in [2.05, 4.69) is 5.32 Å². The van der Waals surface area contributed by atoms with E-state index in [0.717, 1.165) is 41.8 Å². The molecule has 9 heteroatoms. The van der Waals surface area contributed by atoms with Crippen molar-refractivity contribution in [2.24, 2.45) is 0 Å². The Morgan fingerprint density at radius 3 is 2.83 bits per heavy atom. The van der Waals surface area contributed by atoms with E-state index < -0.39 is 0 Å². The summed E-state index contributed by atoms with van der Waals surface area (Å²) in [5.41, 5.74) is 3.67. The number of anilines is 1. The molecule has 0 bridgehead atoms. The molecular weight excluding hydrogens is 496 g/mol. The predicted molar refractivity (Wildman–Crippen MR) is 147 cm³/mol. The minimum Gasteiger partial charge on any atom is -0.490 e. The normalized spacial score (nSPS) is 18.7. The second-order valence-corrected chi connectivity index (χ2v) is 10.3. The highest BCUT2D eigenvalue weighted by Crippen LogP contribution is 2.35. The van der Waals surface area contributed by atoms with Crippen LogP contribution < -0.4 is 14.8 Å². The number of benzene rings is 2. The molecule has 2 saturated heterocycles. The molecule has 0 saturated carbocycles. The van der Waals surface area contributed by atoms with Gasteiger partial charge < -0.3 is 19.5 Å². The van der Waals surface area contributed by atoms with Crippen LogP contribution in [0.25, 0.3) is 6.08 Å². The molecule has 2 aromatic carbocycles. The van der Waals surface area contributed by atoms with E-state index in [9.17, 15) is 9.59 Å². The Kier molecular flexibility index (Phi) is 8.66. The maximum Gasteiger partial charge on any atom is 0.266 e. The minimum absolute atomic E-state index is 0.0415. The van der Waals surface area contributed by atoms with E-state index >= 15 is 0 Å².